The number of terminal acetylenes is 2. The van der Waals surface area contributed by atoms with Crippen LogP contribution in [0.1, 0.15) is 83.0 Å². The Morgan fingerprint density at radius 1 is 0.530 bits per heavy atom. The number of hydrogen-bond acceptors (Lipinski definition) is 10. The van der Waals surface area contributed by atoms with E-state index in [0.717, 1.165) is 21.9 Å². The van der Waals surface area contributed by atoms with Gasteiger partial charge in [-0.3, -0.25) is 9.59 Å². The molecule has 10 heteroatoms. The highest BCUT2D eigenvalue weighted by atomic mass is 16.5. The van der Waals surface area contributed by atoms with E-state index in [1.807, 2.05) is 54.6 Å². The number of carbonyl (C=O) groups is 2. The number of hydrogen-bond donors (Lipinski definition) is 0. The van der Waals surface area contributed by atoms with Crippen molar-refractivity contribution in [2.75, 3.05) is 27.4 Å². The molecule has 8 aromatic rings. The summed E-state index contributed by atoms with van der Waals surface area (Å²) in [6.07, 6.45) is 10.7. The topological polar surface area (TPSA) is 123 Å². The SMILES string of the molecule is C#CCOc1ccc2nc(C(=O)c3cccc(OC)c3)nc(-c3ccc(C(C)C)cc3)c2c1.C#CCOc1ccc2nc(C(=O)c3ccccc3OC)nc(-c3ccc(C(C)C)cc3)c2c1. The first-order valence-corrected chi connectivity index (χ1v) is 21.3. The molecule has 2 heterocycles. The van der Waals surface area contributed by atoms with Crippen LogP contribution in [0.3, 0.4) is 0 Å². The summed E-state index contributed by atoms with van der Waals surface area (Å²) in [7, 11) is 3.10. The molecule has 2 aromatic heterocycles. The Hall–Kier alpha value is -8.34. The minimum Gasteiger partial charge on any atom is -0.497 e. The van der Waals surface area contributed by atoms with Crippen molar-refractivity contribution in [3.63, 3.8) is 0 Å². The molecule has 6 aromatic carbocycles. The number of fused-ring (bicyclic) bond motifs is 2. The van der Waals surface area contributed by atoms with Crippen LogP contribution >= 0.6 is 0 Å². The van der Waals surface area contributed by atoms with E-state index in [-0.39, 0.29) is 36.4 Å². The molecule has 0 spiro atoms. The first-order valence-electron chi connectivity index (χ1n) is 21.3. The lowest BCUT2D eigenvalue weighted by atomic mass is 9.99. The lowest BCUT2D eigenvalue weighted by molar-refractivity contribution is 0.102. The van der Waals surface area contributed by atoms with Crippen LogP contribution in [0.4, 0.5) is 0 Å². The van der Waals surface area contributed by atoms with E-state index in [1.165, 1.54) is 18.2 Å². The fourth-order valence-corrected chi connectivity index (χ4v) is 7.19. The molecule has 0 atom stereocenters. The Bertz CT molecular complexity index is 3130. The van der Waals surface area contributed by atoms with Gasteiger partial charge in [0.1, 0.15) is 36.2 Å². The monoisotopic (exact) mass is 872 g/mol. The first-order chi connectivity index (χ1) is 32.0. The van der Waals surface area contributed by atoms with E-state index in [9.17, 15) is 9.59 Å². The smallest absolute Gasteiger partial charge is 0.233 e. The lowest BCUT2D eigenvalue weighted by Gasteiger charge is -2.12. The van der Waals surface area contributed by atoms with E-state index in [2.05, 4.69) is 73.8 Å². The Morgan fingerprint density at radius 3 is 1.50 bits per heavy atom. The van der Waals surface area contributed by atoms with Crippen LogP contribution in [0.25, 0.3) is 44.3 Å². The van der Waals surface area contributed by atoms with Crippen molar-refractivity contribution in [1.29, 1.82) is 0 Å². The molecule has 328 valence electrons. The summed E-state index contributed by atoms with van der Waals surface area (Å²) in [5.41, 5.74) is 7.69. The van der Waals surface area contributed by atoms with Crippen LogP contribution in [-0.4, -0.2) is 58.9 Å². The molecule has 0 aliphatic carbocycles. The van der Waals surface area contributed by atoms with Gasteiger partial charge in [0.15, 0.2) is 0 Å². The second-order valence-corrected chi connectivity index (χ2v) is 15.8. The van der Waals surface area contributed by atoms with Crippen molar-refractivity contribution >= 4 is 33.4 Å². The largest absolute Gasteiger partial charge is 0.497 e. The van der Waals surface area contributed by atoms with Gasteiger partial charge in [-0.1, -0.05) is 112 Å². The minimum atomic E-state index is -0.304. The number of ketones is 2. The molecule has 10 nitrogen and oxygen atoms in total. The van der Waals surface area contributed by atoms with Crippen LogP contribution in [0, 0.1) is 24.7 Å². The third-order valence-electron chi connectivity index (χ3n) is 10.8. The summed E-state index contributed by atoms with van der Waals surface area (Å²) in [5, 5.41) is 1.56. The number of benzene rings is 6. The molecule has 66 heavy (non-hydrogen) atoms. The predicted octanol–water partition coefficient (Wildman–Crippen LogP) is 11.3. The van der Waals surface area contributed by atoms with E-state index >= 15 is 0 Å². The molecule has 8 rings (SSSR count). The quantitative estimate of drug-likeness (QED) is 0.0771. The number of carbonyl (C=O) groups excluding carboxylic acids is 2. The van der Waals surface area contributed by atoms with Crippen molar-refractivity contribution in [3.8, 4) is 70.2 Å². The van der Waals surface area contributed by atoms with Crippen LogP contribution in [0.15, 0.2) is 133 Å². The van der Waals surface area contributed by atoms with Crippen LogP contribution in [0.5, 0.6) is 23.0 Å². The molecule has 0 saturated carbocycles. The van der Waals surface area contributed by atoms with Gasteiger partial charge >= 0.3 is 0 Å². The highest BCUT2D eigenvalue weighted by molar-refractivity contribution is 6.10. The van der Waals surface area contributed by atoms with Crippen LogP contribution in [0.2, 0.25) is 0 Å². The van der Waals surface area contributed by atoms with Gasteiger partial charge in [-0.25, -0.2) is 19.9 Å². The van der Waals surface area contributed by atoms with Gasteiger partial charge in [0.05, 0.1) is 42.2 Å². The van der Waals surface area contributed by atoms with Crippen molar-refractivity contribution in [3.05, 3.63) is 167 Å². The second kappa shape index (κ2) is 20.9. The molecule has 0 N–H and O–H groups in total. The molecule has 0 amide bonds. The Morgan fingerprint density at radius 2 is 1.03 bits per heavy atom. The van der Waals surface area contributed by atoms with Crippen molar-refractivity contribution in [1.82, 2.24) is 19.9 Å². The number of para-hydroxylation sites is 1. The standard InChI is InChI=1S/2C28H24N2O3/c1-5-15-33-23-13-14-25-24(17-23)26(20-11-9-19(10-12-20)18(2)3)30-28(29-25)27(31)21-7-6-8-22(16-21)32-4;1-5-16-33-21-14-15-24-23(17-21)26(20-12-10-19(11-13-20)18(2)3)30-28(29-24)27(31)22-8-6-7-9-25(22)32-4/h1,6-14,16-18H,15H2,2-4H3;1,6-15,17-18H,16H2,2-4H3. The average Bonchev–Trinajstić information content (AvgIpc) is 3.36. The Kier molecular flexibility index (Phi) is 14.5. The molecule has 0 bridgehead atoms. The number of ether oxygens (including phenoxy) is 4. The fourth-order valence-electron chi connectivity index (χ4n) is 7.19. The van der Waals surface area contributed by atoms with Gasteiger partial charge in [-0.2, -0.15) is 0 Å². The maximum atomic E-state index is 13.4. The highest BCUT2D eigenvalue weighted by Crippen LogP contribution is 2.33. The summed E-state index contributed by atoms with van der Waals surface area (Å²) in [4.78, 5) is 45.2. The first kappa shape index (κ1) is 45.7. The third-order valence-corrected chi connectivity index (χ3v) is 10.8. The summed E-state index contributed by atoms with van der Waals surface area (Å²) in [6, 6.07) is 41.3. The number of rotatable bonds is 14. The lowest BCUT2D eigenvalue weighted by Crippen LogP contribution is -2.10. The maximum Gasteiger partial charge on any atom is 0.233 e. The molecular formula is C56H48N4O6. The minimum absolute atomic E-state index is 0.104. The van der Waals surface area contributed by atoms with Crippen molar-refractivity contribution < 1.29 is 28.5 Å². The zero-order valence-corrected chi connectivity index (χ0v) is 37.7. The normalized spacial score (nSPS) is 10.8. The summed E-state index contributed by atoms with van der Waals surface area (Å²) < 4.78 is 21.8. The molecule has 0 saturated heterocycles. The van der Waals surface area contributed by atoms with Crippen LogP contribution < -0.4 is 18.9 Å². The fraction of sp³-hybridized carbons (Fsp3) is 0.179. The summed E-state index contributed by atoms with van der Waals surface area (Å²) in [5.74, 6) is 7.73. The van der Waals surface area contributed by atoms with Gasteiger partial charge in [0.25, 0.3) is 0 Å². The van der Waals surface area contributed by atoms with E-state index in [4.69, 9.17) is 41.8 Å². The van der Waals surface area contributed by atoms with Crippen molar-refractivity contribution in [2.45, 2.75) is 39.5 Å². The molecular weight excluding hydrogens is 825 g/mol. The number of nitrogens with zero attached hydrogens (tertiary/aromatic N) is 4. The van der Waals surface area contributed by atoms with Crippen molar-refractivity contribution in [2.24, 2.45) is 0 Å². The van der Waals surface area contributed by atoms with Gasteiger partial charge in [-0.05, 0) is 83.6 Å². The number of aromatic nitrogens is 4. The summed E-state index contributed by atoms with van der Waals surface area (Å²) in [6.45, 7) is 8.92. The Balaban J connectivity index is 0.000000196. The summed E-state index contributed by atoms with van der Waals surface area (Å²) >= 11 is 0. The third kappa shape index (κ3) is 10.4. The van der Waals surface area contributed by atoms with Crippen LogP contribution in [-0.2, 0) is 0 Å². The van der Waals surface area contributed by atoms with E-state index in [0.29, 0.717) is 68.4 Å². The van der Waals surface area contributed by atoms with E-state index in [1.54, 1.807) is 61.7 Å². The molecule has 0 radical (unpaired) electrons. The van der Waals surface area contributed by atoms with Gasteiger partial charge in [0, 0.05) is 27.5 Å². The maximum absolute atomic E-state index is 13.4. The Labute approximate surface area is 385 Å². The predicted molar refractivity (Wildman–Crippen MR) is 260 cm³/mol. The van der Waals surface area contributed by atoms with Gasteiger partial charge < -0.3 is 18.9 Å². The molecule has 0 aliphatic rings. The molecule has 0 unspecified atom stereocenters. The van der Waals surface area contributed by atoms with Gasteiger partial charge in [0.2, 0.25) is 23.2 Å². The zero-order chi connectivity index (χ0) is 46.7. The number of methoxy groups -OCH3 is 2. The molecule has 0 fully saturated rings. The second-order valence-electron chi connectivity index (χ2n) is 15.8. The zero-order valence-electron chi connectivity index (χ0n) is 37.7. The molecule has 0 aliphatic heterocycles. The highest BCUT2D eigenvalue weighted by Gasteiger charge is 2.21. The van der Waals surface area contributed by atoms with E-state index < -0.39 is 0 Å². The van der Waals surface area contributed by atoms with Gasteiger partial charge in [-0.15, -0.1) is 12.8 Å². The average molecular weight is 873 g/mol.